The number of ketones is 1. The van der Waals surface area contributed by atoms with Crippen LogP contribution in [0.5, 0.6) is 0 Å². The van der Waals surface area contributed by atoms with Crippen LogP contribution in [0.25, 0.3) is 11.1 Å². The minimum Gasteiger partial charge on any atom is -0.352 e. The van der Waals surface area contributed by atoms with Gasteiger partial charge in [0.25, 0.3) is 0 Å². The van der Waals surface area contributed by atoms with E-state index in [0.717, 1.165) is 36.1 Å². The fourth-order valence-corrected chi connectivity index (χ4v) is 2.64. The molecule has 0 unspecified atom stereocenters. The maximum absolute atomic E-state index is 12.0. The van der Waals surface area contributed by atoms with Crippen LogP contribution in [-0.2, 0) is 20.8 Å². The van der Waals surface area contributed by atoms with Gasteiger partial charge in [-0.3, -0.25) is 14.4 Å². The maximum Gasteiger partial charge on any atom is 0.312 e. The van der Waals surface area contributed by atoms with E-state index in [-0.39, 0.29) is 18.9 Å². The monoisotopic (exact) mass is 514 g/mol. The van der Waals surface area contributed by atoms with Crippen LogP contribution in [-0.4, -0.2) is 55.8 Å². The molecule has 0 spiro atoms. The van der Waals surface area contributed by atoms with Crippen LogP contribution in [0.15, 0.2) is 54.6 Å². The van der Waals surface area contributed by atoms with Gasteiger partial charge in [-0.15, -0.1) is 0 Å². The van der Waals surface area contributed by atoms with Crippen molar-refractivity contribution in [2.45, 2.75) is 46.1 Å². The molecule has 4 amide bonds. The second-order valence-electron chi connectivity index (χ2n) is 8.15. The third-order valence-electron chi connectivity index (χ3n) is 4.65. The Balaban J connectivity index is 0.000000988. The van der Waals surface area contributed by atoms with E-state index in [1.807, 2.05) is 61.5 Å². The van der Waals surface area contributed by atoms with E-state index in [0.29, 0.717) is 13.0 Å². The highest BCUT2D eigenvalue weighted by Crippen LogP contribution is 2.19. The second kappa shape index (κ2) is 20.4. The molecule has 0 aliphatic rings. The molecule has 2 rings (SSSR count). The molecule has 0 aromatic heterocycles. The molecule has 37 heavy (non-hydrogen) atoms. The van der Waals surface area contributed by atoms with Crippen LogP contribution < -0.4 is 33.2 Å². The van der Waals surface area contributed by atoms with Gasteiger partial charge in [0, 0.05) is 6.54 Å². The molecular formula is C27H42N6O4. The summed E-state index contributed by atoms with van der Waals surface area (Å²) in [7, 11) is 0. The standard InChI is InChI=1S/C20H23N3O3.C4H10N2O.C3H9N/c1-14(24)12-22-19(25)13-23-20(26)18(21)11-15-7-9-17(10-8-15)16-5-3-2-4-6-16;1-2-3-6-4(5)7;1-2-3-4/h2-10,18H,11-13,21H2,1H3,(H,22,25)(H,23,26);2-3H2,1H3,(H3,5,6,7);2-4H2,1H3/t18-;;/m0../s1. The number of hydrogen-bond acceptors (Lipinski definition) is 6. The Morgan fingerprint density at radius 3 is 1.84 bits per heavy atom. The SMILES string of the molecule is CC(=O)CNC(=O)CNC(=O)[C@@H](N)Cc1ccc(-c2ccccc2)cc1.CCCN.CCCNC(N)=O. The summed E-state index contributed by atoms with van der Waals surface area (Å²) in [5, 5.41) is 7.31. The van der Waals surface area contributed by atoms with Crippen molar-refractivity contribution in [3.05, 3.63) is 60.2 Å². The largest absolute Gasteiger partial charge is 0.352 e. The van der Waals surface area contributed by atoms with Gasteiger partial charge in [-0.25, -0.2) is 4.79 Å². The average Bonchev–Trinajstić information content (AvgIpc) is 2.90. The fraction of sp³-hybridized carbons (Fsp3) is 0.407. The van der Waals surface area contributed by atoms with Gasteiger partial charge in [0.2, 0.25) is 11.8 Å². The molecule has 0 aliphatic carbocycles. The third-order valence-corrected chi connectivity index (χ3v) is 4.65. The van der Waals surface area contributed by atoms with Gasteiger partial charge in [0.15, 0.2) is 0 Å². The van der Waals surface area contributed by atoms with E-state index < -0.39 is 23.9 Å². The fourth-order valence-electron chi connectivity index (χ4n) is 2.64. The Kier molecular flexibility index (Phi) is 18.4. The summed E-state index contributed by atoms with van der Waals surface area (Å²) in [5.74, 6) is -0.983. The van der Waals surface area contributed by atoms with E-state index in [1.54, 1.807) is 0 Å². The van der Waals surface area contributed by atoms with Crippen LogP contribution in [0.4, 0.5) is 4.79 Å². The lowest BCUT2D eigenvalue weighted by atomic mass is 10.0. The van der Waals surface area contributed by atoms with E-state index in [9.17, 15) is 19.2 Å². The number of nitrogens with two attached hydrogens (primary N) is 3. The van der Waals surface area contributed by atoms with Crippen LogP contribution in [0, 0.1) is 0 Å². The molecule has 0 heterocycles. The zero-order chi connectivity index (χ0) is 28.1. The zero-order valence-electron chi connectivity index (χ0n) is 22.1. The first-order valence-electron chi connectivity index (χ1n) is 12.3. The van der Waals surface area contributed by atoms with Crippen LogP contribution in [0.2, 0.25) is 0 Å². The molecule has 10 nitrogen and oxygen atoms in total. The average molecular weight is 515 g/mol. The van der Waals surface area contributed by atoms with E-state index >= 15 is 0 Å². The number of carbonyl (C=O) groups excluding carboxylic acids is 4. The summed E-state index contributed by atoms with van der Waals surface area (Å²) in [6, 6.07) is 16.7. The van der Waals surface area contributed by atoms with E-state index in [2.05, 4.69) is 22.9 Å². The molecule has 0 aliphatic heterocycles. The zero-order valence-corrected chi connectivity index (χ0v) is 22.1. The smallest absolute Gasteiger partial charge is 0.312 e. The van der Waals surface area contributed by atoms with E-state index in [4.69, 9.17) is 17.2 Å². The molecule has 2 aromatic carbocycles. The number of hydrogen-bond donors (Lipinski definition) is 6. The Hall–Kier alpha value is -3.76. The van der Waals surface area contributed by atoms with Crippen molar-refractivity contribution >= 4 is 23.6 Å². The molecule has 0 bridgehead atoms. The molecule has 1 atom stereocenters. The molecule has 2 aromatic rings. The van der Waals surface area contributed by atoms with Crippen molar-refractivity contribution in [3.8, 4) is 11.1 Å². The predicted octanol–water partition coefficient (Wildman–Crippen LogP) is 1.46. The highest BCUT2D eigenvalue weighted by atomic mass is 16.2. The summed E-state index contributed by atoms with van der Waals surface area (Å²) in [4.78, 5) is 44.1. The highest BCUT2D eigenvalue weighted by molar-refractivity contribution is 5.89. The molecular weight excluding hydrogens is 472 g/mol. The minimum atomic E-state index is -0.752. The number of nitrogens with one attached hydrogen (secondary N) is 3. The Bertz CT molecular complexity index is 934. The Labute approximate surface area is 219 Å². The quantitative estimate of drug-likeness (QED) is 0.264. The van der Waals surface area contributed by atoms with Crippen molar-refractivity contribution in [2.24, 2.45) is 17.2 Å². The minimum absolute atomic E-state index is 0.0471. The summed E-state index contributed by atoms with van der Waals surface area (Å²) in [6.07, 6.45) is 2.40. The number of amides is 4. The number of rotatable bonds is 11. The lowest BCUT2D eigenvalue weighted by molar-refractivity contribution is -0.127. The number of benzene rings is 2. The summed E-state index contributed by atoms with van der Waals surface area (Å²) in [5.41, 5.74) is 18.8. The summed E-state index contributed by atoms with van der Waals surface area (Å²) < 4.78 is 0. The second-order valence-corrected chi connectivity index (χ2v) is 8.15. The van der Waals surface area contributed by atoms with E-state index in [1.165, 1.54) is 6.92 Å². The summed E-state index contributed by atoms with van der Waals surface area (Å²) >= 11 is 0. The number of carbonyl (C=O) groups is 4. The van der Waals surface area contributed by atoms with Gasteiger partial charge >= 0.3 is 6.03 Å². The van der Waals surface area contributed by atoms with Gasteiger partial charge in [0.1, 0.15) is 5.78 Å². The first kappa shape index (κ1) is 33.2. The molecule has 0 saturated heterocycles. The summed E-state index contributed by atoms with van der Waals surface area (Å²) in [6.45, 7) is 6.64. The van der Waals surface area contributed by atoms with Gasteiger partial charge < -0.3 is 33.2 Å². The number of urea groups is 1. The van der Waals surface area contributed by atoms with Gasteiger partial charge in [-0.1, -0.05) is 68.4 Å². The van der Waals surface area contributed by atoms with Crippen molar-refractivity contribution in [1.82, 2.24) is 16.0 Å². The topological polar surface area (TPSA) is 182 Å². The highest BCUT2D eigenvalue weighted by Gasteiger charge is 2.15. The lowest BCUT2D eigenvalue weighted by Crippen LogP contribution is -2.46. The van der Waals surface area contributed by atoms with Crippen LogP contribution in [0.3, 0.4) is 0 Å². The van der Waals surface area contributed by atoms with Crippen molar-refractivity contribution in [1.29, 1.82) is 0 Å². The van der Waals surface area contributed by atoms with Crippen LogP contribution in [0.1, 0.15) is 39.2 Å². The van der Waals surface area contributed by atoms with Gasteiger partial charge in [0.05, 0.1) is 19.1 Å². The molecule has 0 saturated carbocycles. The molecule has 9 N–H and O–H groups in total. The predicted molar refractivity (Wildman–Crippen MR) is 147 cm³/mol. The normalized spacial score (nSPS) is 10.4. The first-order valence-corrected chi connectivity index (χ1v) is 12.3. The first-order chi connectivity index (χ1) is 17.6. The molecule has 10 heteroatoms. The van der Waals surface area contributed by atoms with Gasteiger partial charge in [-0.2, -0.15) is 0 Å². The third kappa shape index (κ3) is 17.3. The van der Waals surface area contributed by atoms with Crippen molar-refractivity contribution < 1.29 is 19.2 Å². The maximum atomic E-state index is 12.0. The van der Waals surface area contributed by atoms with Crippen molar-refractivity contribution in [3.63, 3.8) is 0 Å². The molecule has 0 fully saturated rings. The molecule has 204 valence electrons. The van der Waals surface area contributed by atoms with Crippen molar-refractivity contribution in [2.75, 3.05) is 26.2 Å². The van der Waals surface area contributed by atoms with Gasteiger partial charge in [-0.05, 0) is 49.4 Å². The molecule has 0 radical (unpaired) electrons. The Morgan fingerprint density at radius 1 is 0.811 bits per heavy atom. The van der Waals surface area contributed by atoms with Crippen LogP contribution >= 0.6 is 0 Å². The number of primary amides is 1. The number of Topliss-reactive ketones (excluding diaryl/α,β-unsaturated/α-hetero) is 1. The Morgan fingerprint density at radius 2 is 1.38 bits per heavy atom. The lowest BCUT2D eigenvalue weighted by Gasteiger charge is -2.13.